The smallest absolute Gasteiger partial charge is 0.419 e. The first-order chi connectivity index (χ1) is 15.4. The van der Waals surface area contributed by atoms with Crippen LogP contribution in [0.15, 0.2) is 48.5 Å². The molecule has 0 radical (unpaired) electrons. The Balaban J connectivity index is 1.60. The molecule has 32 heavy (non-hydrogen) atoms. The number of rotatable bonds is 10. The van der Waals surface area contributed by atoms with Gasteiger partial charge in [0.25, 0.3) is 0 Å². The highest BCUT2D eigenvalue weighted by Gasteiger charge is 2.34. The number of benzene rings is 2. The summed E-state index contributed by atoms with van der Waals surface area (Å²) in [5, 5.41) is 0. The van der Waals surface area contributed by atoms with Gasteiger partial charge in [-0.25, -0.2) is 4.39 Å². The van der Waals surface area contributed by atoms with Crippen molar-refractivity contribution in [1.82, 2.24) is 0 Å². The van der Waals surface area contributed by atoms with E-state index < -0.39 is 17.6 Å². The van der Waals surface area contributed by atoms with Gasteiger partial charge < -0.3 is 4.74 Å². The molecule has 1 unspecified atom stereocenters. The highest BCUT2D eigenvalue weighted by atomic mass is 19.4. The van der Waals surface area contributed by atoms with Crippen LogP contribution in [0.25, 0.3) is 0 Å². The van der Waals surface area contributed by atoms with Gasteiger partial charge in [-0.15, -0.1) is 0 Å². The topological polar surface area (TPSA) is 9.23 Å². The van der Waals surface area contributed by atoms with E-state index in [1.165, 1.54) is 57.4 Å². The highest BCUT2D eigenvalue weighted by Crippen LogP contribution is 2.38. The zero-order valence-corrected chi connectivity index (χ0v) is 18.8. The highest BCUT2D eigenvalue weighted by molar-refractivity contribution is 5.31. The van der Waals surface area contributed by atoms with Gasteiger partial charge in [-0.1, -0.05) is 88.6 Å². The second-order valence-electron chi connectivity index (χ2n) is 9.12. The van der Waals surface area contributed by atoms with Gasteiger partial charge in [0.2, 0.25) is 0 Å². The van der Waals surface area contributed by atoms with Crippen molar-refractivity contribution < 1.29 is 22.3 Å². The normalized spacial score (nSPS) is 20.2. The second kappa shape index (κ2) is 11.7. The van der Waals surface area contributed by atoms with Gasteiger partial charge in [0.05, 0.1) is 5.56 Å². The molecule has 3 rings (SSSR count). The fourth-order valence-corrected chi connectivity index (χ4v) is 4.80. The van der Waals surface area contributed by atoms with E-state index in [-0.39, 0.29) is 11.9 Å². The second-order valence-corrected chi connectivity index (χ2v) is 9.12. The summed E-state index contributed by atoms with van der Waals surface area (Å²) >= 11 is 0. The van der Waals surface area contributed by atoms with Gasteiger partial charge in [-0.3, -0.25) is 0 Å². The number of halogens is 4. The lowest BCUT2D eigenvalue weighted by Gasteiger charge is -2.30. The summed E-state index contributed by atoms with van der Waals surface area (Å²) in [5.41, 5.74) is -0.308. The molecule has 0 bridgehead atoms. The quantitative estimate of drug-likeness (QED) is 0.259. The zero-order chi connectivity index (χ0) is 23.0. The van der Waals surface area contributed by atoms with Crippen molar-refractivity contribution in [1.29, 1.82) is 0 Å². The Kier molecular flexibility index (Phi) is 9.01. The van der Waals surface area contributed by atoms with E-state index in [9.17, 15) is 17.6 Å². The SMILES string of the molecule is CCCCCC1CCC(CCC(Oc2ccc(C(F)(F)F)c(F)c2)c2ccccc2)CC1. The predicted molar refractivity (Wildman–Crippen MR) is 120 cm³/mol. The summed E-state index contributed by atoms with van der Waals surface area (Å²) in [5.74, 6) is 0.331. The maximum absolute atomic E-state index is 14.0. The van der Waals surface area contributed by atoms with E-state index in [2.05, 4.69) is 6.92 Å². The number of unbranched alkanes of at least 4 members (excludes halogenated alkanes) is 2. The summed E-state index contributed by atoms with van der Waals surface area (Å²) in [7, 11) is 0. The van der Waals surface area contributed by atoms with Crippen molar-refractivity contribution in [3.63, 3.8) is 0 Å². The molecule has 0 N–H and O–H groups in total. The Labute approximate surface area is 189 Å². The molecule has 1 nitrogen and oxygen atoms in total. The maximum atomic E-state index is 14.0. The van der Waals surface area contributed by atoms with Crippen molar-refractivity contribution in [2.45, 2.75) is 83.4 Å². The third kappa shape index (κ3) is 7.25. The first kappa shape index (κ1) is 24.6. The summed E-state index contributed by atoms with van der Waals surface area (Å²) in [4.78, 5) is 0. The molecule has 5 heteroatoms. The Morgan fingerprint density at radius 1 is 0.906 bits per heavy atom. The maximum Gasteiger partial charge on any atom is 0.419 e. The number of hydrogen-bond donors (Lipinski definition) is 0. The van der Waals surface area contributed by atoms with Crippen LogP contribution in [-0.2, 0) is 6.18 Å². The van der Waals surface area contributed by atoms with Crippen LogP contribution in [0.1, 0.15) is 88.4 Å². The van der Waals surface area contributed by atoms with Gasteiger partial charge in [0.15, 0.2) is 0 Å². The molecule has 0 aliphatic heterocycles. The van der Waals surface area contributed by atoms with Crippen molar-refractivity contribution in [2.24, 2.45) is 11.8 Å². The zero-order valence-electron chi connectivity index (χ0n) is 18.8. The molecular weight excluding hydrogens is 416 g/mol. The van der Waals surface area contributed by atoms with Gasteiger partial charge in [0.1, 0.15) is 17.7 Å². The van der Waals surface area contributed by atoms with Crippen molar-refractivity contribution in [3.05, 3.63) is 65.5 Å². The van der Waals surface area contributed by atoms with Crippen LogP contribution in [0.2, 0.25) is 0 Å². The molecule has 1 aliphatic carbocycles. The van der Waals surface area contributed by atoms with Gasteiger partial charge in [-0.2, -0.15) is 13.2 Å². The predicted octanol–water partition coefficient (Wildman–Crippen LogP) is 9.13. The molecule has 0 heterocycles. The molecule has 0 aromatic heterocycles. The van der Waals surface area contributed by atoms with E-state index in [1.807, 2.05) is 30.3 Å². The van der Waals surface area contributed by atoms with Crippen LogP contribution in [0.5, 0.6) is 5.75 Å². The van der Waals surface area contributed by atoms with Gasteiger partial charge in [-0.05, 0) is 42.4 Å². The van der Waals surface area contributed by atoms with E-state index in [1.54, 1.807) is 0 Å². The molecule has 0 spiro atoms. The Bertz CT molecular complexity index is 810. The molecule has 1 aliphatic rings. The summed E-state index contributed by atoms with van der Waals surface area (Å²) in [6, 6.07) is 12.5. The van der Waals surface area contributed by atoms with Crippen LogP contribution in [0.4, 0.5) is 17.6 Å². The molecule has 1 atom stereocenters. The first-order valence-corrected chi connectivity index (χ1v) is 11.9. The van der Waals surface area contributed by atoms with E-state index in [0.717, 1.165) is 36.5 Å². The molecule has 0 amide bonds. The average molecular weight is 451 g/mol. The van der Waals surface area contributed by atoms with Crippen LogP contribution in [-0.4, -0.2) is 0 Å². The van der Waals surface area contributed by atoms with Gasteiger partial charge >= 0.3 is 6.18 Å². The van der Waals surface area contributed by atoms with Gasteiger partial charge in [0, 0.05) is 6.07 Å². The lowest BCUT2D eigenvalue weighted by molar-refractivity contribution is -0.140. The number of alkyl halides is 3. The van der Waals surface area contributed by atoms with E-state index >= 15 is 0 Å². The minimum absolute atomic E-state index is 0.129. The Morgan fingerprint density at radius 2 is 1.56 bits per heavy atom. The van der Waals surface area contributed by atoms with E-state index in [4.69, 9.17) is 4.74 Å². The van der Waals surface area contributed by atoms with Crippen LogP contribution < -0.4 is 4.74 Å². The fraction of sp³-hybridized carbons (Fsp3) is 0.556. The summed E-state index contributed by atoms with van der Waals surface area (Å²) in [6.45, 7) is 2.24. The number of hydrogen-bond acceptors (Lipinski definition) is 1. The monoisotopic (exact) mass is 450 g/mol. The molecule has 1 fully saturated rings. The average Bonchev–Trinajstić information content (AvgIpc) is 2.77. The van der Waals surface area contributed by atoms with Crippen LogP contribution >= 0.6 is 0 Å². The van der Waals surface area contributed by atoms with Crippen molar-refractivity contribution in [3.8, 4) is 5.75 Å². The minimum atomic E-state index is -4.71. The fourth-order valence-electron chi connectivity index (χ4n) is 4.80. The standard InChI is InChI=1S/C27H34F4O/c1-2-3-5-8-20-11-13-21(14-12-20)15-18-26(22-9-6-4-7-10-22)32-23-16-17-24(25(28)19-23)27(29,30)31/h4,6-7,9-10,16-17,19-21,26H,2-3,5,8,11-15,18H2,1H3. The Hall–Kier alpha value is -2.04. The molecule has 1 saturated carbocycles. The van der Waals surface area contributed by atoms with Crippen molar-refractivity contribution in [2.75, 3.05) is 0 Å². The lowest BCUT2D eigenvalue weighted by atomic mass is 9.77. The first-order valence-electron chi connectivity index (χ1n) is 11.9. The molecule has 176 valence electrons. The summed E-state index contributed by atoms with van der Waals surface area (Å²) in [6.07, 6.45) is 7.04. The molecule has 2 aromatic carbocycles. The van der Waals surface area contributed by atoms with Crippen LogP contribution in [0, 0.1) is 17.7 Å². The summed E-state index contributed by atoms with van der Waals surface area (Å²) < 4.78 is 58.6. The third-order valence-electron chi connectivity index (χ3n) is 6.72. The third-order valence-corrected chi connectivity index (χ3v) is 6.72. The van der Waals surface area contributed by atoms with Crippen LogP contribution in [0.3, 0.4) is 0 Å². The Morgan fingerprint density at radius 3 is 2.16 bits per heavy atom. The minimum Gasteiger partial charge on any atom is -0.486 e. The molecular formula is C27H34F4O. The molecule has 0 saturated heterocycles. The number of ether oxygens (including phenoxy) is 1. The lowest BCUT2D eigenvalue weighted by Crippen LogP contribution is -2.17. The molecule has 2 aromatic rings. The van der Waals surface area contributed by atoms with E-state index in [0.29, 0.717) is 5.92 Å². The van der Waals surface area contributed by atoms with Crippen molar-refractivity contribution >= 4 is 0 Å². The largest absolute Gasteiger partial charge is 0.486 e.